The van der Waals surface area contributed by atoms with Gasteiger partial charge >= 0.3 is 4.87 Å². The highest BCUT2D eigenvalue weighted by Gasteiger charge is 2.10. The van der Waals surface area contributed by atoms with Crippen molar-refractivity contribution in [1.29, 1.82) is 5.26 Å². The maximum atomic E-state index is 11.7. The molecule has 5 heteroatoms. The van der Waals surface area contributed by atoms with Crippen LogP contribution in [0.2, 0.25) is 0 Å². The number of fused-ring (bicyclic) bond motifs is 1. The van der Waals surface area contributed by atoms with Crippen molar-refractivity contribution in [2.75, 3.05) is 0 Å². The molecular formula is C11H11N3OS. The zero-order valence-corrected chi connectivity index (χ0v) is 9.97. The number of hydrogen-bond donors (Lipinski definition) is 0. The van der Waals surface area contributed by atoms with E-state index in [0.717, 1.165) is 16.0 Å². The van der Waals surface area contributed by atoms with Gasteiger partial charge in [0.15, 0.2) is 5.65 Å². The van der Waals surface area contributed by atoms with Crippen LogP contribution in [0.1, 0.15) is 17.7 Å². The van der Waals surface area contributed by atoms with Gasteiger partial charge < -0.3 is 0 Å². The summed E-state index contributed by atoms with van der Waals surface area (Å²) in [7, 11) is 0. The lowest BCUT2D eigenvalue weighted by atomic mass is 10.2. The fraction of sp³-hybridized carbons (Fsp3) is 0.364. The molecule has 2 rings (SSSR count). The van der Waals surface area contributed by atoms with Crippen molar-refractivity contribution >= 4 is 21.7 Å². The van der Waals surface area contributed by atoms with Gasteiger partial charge in [-0.3, -0.25) is 9.36 Å². The Morgan fingerprint density at radius 1 is 1.56 bits per heavy atom. The van der Waals surface area contributed by atoms with E-state index in [-0.39, 0.29) is 4.87 Å². The van der Waals surface area contributed by atoms with Gasteiger partial charge in [0, 0.05) is 12.2 Å². The summed E-state index contributed by atoms with van der Waals surface area (Å²) in [5.41, 5.74) is 2.68. The number of pyridine rings is 1. The second-order valence-electron chi connectivity index (χ2n) is 3.66. The van der Waals surface area contributed by atoms with Crippen molar-refractivity contribution in [3.8, 4) is 6.07 Å². The quantitative estimate of drug-likeness (QED) is 0.797. The molecule has 0 atom stereocenters. The van der Waals surface area contributed by atoms with Gasteiger partial charge in [-0.25, -0.2) is 4.98 Å². The first-order chi connectivity index (χ1) is 7.63. The van der Waals surface area contributed by atoms with Crippen molar-refractivity contribution in [1.82, 2.24) is 9.55 Å². The highest BCUT2D eigenvalue weighted by atomic mass is 32.1. The maximum Gasteiger partial charge on any atom is 0.309 e. The monoisotopic (exact) mass is 233 g/mol. The van der Waals surface area contributed by atoms with E-state index in [0.29, 0.717) is 18.6 Å². The van der Waals surface area contributed by atoms with Gasteiger partial charge in [0.2, 0.25) is 0 Å². The van der Waals surface area contributed by atoms with E-state index < -0.39 is 0 Å². The van der Waals surface area contributed by atoms with Gasteiger partial charge in [-0.15, -0.1) is 0 Å². The SMILES string of the molecule is Cc1cc(C)c2sc(=O)n(CCC#N)c2n1. The van der Waals surface area contributed by atoms with E-state index in [2.05, 4.69) is 4.98 Å². The molecule has 0 N–H and O–H groups in total. The summed E-state index contributed by atoms with van der Waals surface area (Å²) in [6.45, 7) is 4.30. The minimum absolute atomic E-state index is 0.0357. The van der Waals surface area contributed by atoms with Crippen molar-refractivity contribution < 1.29 is 0 Å². The normalized spacial score (nSPS) is 10.6. The molecule has 0 aromatic carbocycles. The number of thiazole rings is 1. The number of aryl methyl sites for hydroxylation is 3. The molecule has 0 unspecified atom stereocenters. The molecular weight excluding hydrogens is 222 g/mol. The Morgan fingerprint density at radius 3 is 3.00 bits per heavy atom. The molecule has 0 spiro atoms. The molecule has 0 bridgehead atoms. The Morgan fingerprint density at radius 2 is 2.31 bits per heavy atom. The second-order valence-corrected chi connectivity index (χ2v) is 4.62. The average molecular weight is 233 g/mol. The maximum absolute atomic E-state index is 11.7. The molecule has 4 nitrogen and oxygen atoms in total. The lowest BCUT2D eigenvalue weighted by Crippen LogP contribution is -2.13. The van der Waals surface area contributed by atoms with Crippen LogP contribution in [0.15, 0.2) is 10.9 Å². The van der Waals surface area contributed by atoms with Crippen molar-refractivity contribution in [3.63, 3.8) is 0 Å². The largest absolute Gasteiger partial charge is 0.309 e. The Kier molecular flexibility index (Phi) is 2.75. The van der Waals surface area contributed by atoms with Crippen LogP contribution >= 0.6 is 11.3 Å². The summed E-state index contributed by atoms with van der Waals surface area (Å²) in [4.78, 5) is 16.1. The van der Waals surface area contributed by atoms with Crippen LogP contribution in [0.3, 0.4) is 0 Å². The number of aromatic nitrogens is 2. The molecule has 0 saturated heterocycles. The van der Waals surface area contributed by atoms with E-state index >= 15 is 0 Å². The third-order valence-electron chi connectivity index (χ3n) is 2.38. The highest BCUT2D eigenvalue weighted by Crippen LogP contribution is 2.20. The summed E-state index contributed by atoms with van der Waals surface area (Å²) < 4.78 is 2.51. The molecule has 2 aromatic heterocycles. The molecule has 0 saturated carbocycles. The topological polar surface area (TPSA) is 58.7 Å². The van der Waals surface area contributed by atoms with E-state index in [1.165, 1.54) is 11.3 Å². The van der Waals surface area contributed by atoms with Crippen molar-refractivity contribution in [2.24, 2.45) is 0 Å². The lowest BCUT2D eigenvalue weighted by molar-refractivity contribution is 0.720. The summed E-state index contributed by atoms with van der Waals surface area (Å²) in [6.07, 6.45) is 0.334. The molecule has 0 radical (unpaired) electrons. The fourth-order valence-electron chi connectivity index (χ4n) is 1.70. The van der Waals surface area contributed by atoms with Gasteiger partial charge in [-0.2, -0.15) is 5.26 Å². The molecule has 2 heterocycles. The number of nitrogens with zero attached hydrogens (tertiary/aromatic N) is 3. The van der Waals surface area contributed by atoms with Crippen LogP contribution in [0.5, 0.6) is 0 Å². The number of nitriles is 1. The van der Waals surface area contributed by atoms with Crippen LogP contribution < -0.4 is 4.87 Å². The van der Waals surface area contributed by atoms with Crippen molar-refractivity contribution in [2.45, 2.75) is 26.8 Å². The first-order valence-electron chi connectivity index (χ1n) is 4.98. The predicted octanol–water partition coefficient (Wildman–Crippen LogP) is 1.99. The Bertz CT molecular complexity index is 633. The Labute approximate surface area is 96.8 Å². The second kappa shape index (κ2) is 4.06. The van der Waals surface area contributed by atoms with Crippen LogP contribution in [0, 0.1) is 25.2 Å². The lowest BCUT2D eigenvalue weighted by Gasteiger charge is -2.01. The summed E-state index contributed by atoms with van der Waals surface area (Å²) >= 11 is 1.20. The number of rotatable bonds is 2. The zero-order valence-electron chi connectivity index (χ0n) is 9.15. The third kappa shape index (κ3) is 1.72. The van der Waals surface area contributed by atoms with Gasteiger partial charge in [-0.1, -0.05) is 11.3 Å². The van der Waals surface area contributed by atoms with Gasteiger partial charge in [0.1, 0.15) is 0 Å². The summed E-state index contributed by atoms with van der Waals surface area (Å²) in [5, 5.41) is 8.55. The zero-order chi connectivity index (χ0) is 11.7. The minimum Gasteiger partial charge on any atom is -0.282 e. The summed E-state index contributed by atoms with van der Waals surface area (Å²) in [5.74, 6) is 0. The molecule has 0 fully saturated rings. The van der Waals surface area contributed by atoms with E-state index in [4.69, 9.17) is 5.26 Å². The van der Waals surface area contributed by atoms with E-state index in [1.54, 1.807) is 4.57 Å². The van der Waals surface area contributed by atoms with Crippen molar-refractivity contribution in [3.05, 3.63) is 27.0 Å². The van der Waals surface area contributed by atoms with Crippen LogP contribution in [-0.2, 0) is 6.54 Å². The predicted molar refractivity (Wildman–Crippen MR) is 63.6 cm³/mol. The van der Waals surface area contributed by atoms with E-state index in [1.807, 2.05) is 26.0 Å². The number of hydrogen-bond acceptors (Lipinski definition) is 4. The minimum atomic E-state index is -0.0357. The first kappa shape index (κ1) is 10.8. The molecule has 0 aliphatic rings. The van der Waals surface area contributed by atoms with Crippen LogP contribution in [0.4, 0.5) is 0 Å². The molecule has 0 amide bonds. The average Bonchev–Trinajstić information content (AvgIpc) is 2.53. The highest BCUT2D eigenvalue weighted by molar-refractivity contribution is 7.16. The van der Waals surface area contributed by atoms with Gasteiger partial charge in [0.05, 0.1) is 17.2 Å². The summed E-state index contributed by atoms with van der Waals surface area (Å²) in [6, 6.07) is 4.01. The van der Waals surface area contributed by atoms with Gasteiger partial charge in [-0.05, 0) is 25.5 Å². The third-order valence-corrected chi connectivity index (χ3v) is 3.49. The van der Waals surface area contributed by atoms with E-state index in [9.17, 15) is 4.79 Å². The van der Waals surface area contributed by atoms with Crippen LogP contribution in [-0.4, -0.2) is 9.55 Å². The van der Waals surface area contributed by atoms with Crippen LogP contribution in [0.25, 0.3) is 10.3 Å². The Hall–Kier alpha value is -1.67. The Balaban J connectivity index is 2.69. The smallest absolute Gasteiger partial charge is 0.282 e. The molecule has 82 valence electrons. The molecule has 0 aliphatic heterocycles. The fourth-order valence-corrected chi connectivity index (χ4v) is 2.63. The molecule has 2 aromatic rings. The van der Waals surface area contributed by atoms with Gasteiger partial charge in [0.25, 0.3) is 0 Å². The standard InChI is InChI=1S/C11H11N3OS/c1-7-6-8(2)13-10-9(7)16-11(15)14(10)5-3-4-12/h6H,3,5H2,1-2H3. The molecule has 16 heavy (non-hydrogen) atoms. The first-order valence-corrected chi connectivity index (χ1v) is 5.79. The molecule has 0 aliphatic carbocycles.